The van der Waals surface area contributed by atoms with E-state index < -0.39 is 0 Å². The van der Waals surface area contributed by atoms with Crippen molar-refractivity contribution in [1.82, 2.24) is 0 Å². The van der Waals surface area contributed by atoms with Gasteiger partial charge in [-0.15, -0.1) is 0 Å². The Labute approximate surface area is 131 Å². The number of carbonyl (C=O) groups excluding carboxylic acids is 1. The average molecular weight is 302 g/mol. The SMILES string of the molecule is CC.CCc1cc(C(=O)COc2ccccc2)c(O)cc1O. The van der Waals surface area contributed by atoms with E-state index in [0.29, 0.717) is 17.7 Å². The smallest absolute Gasteiger partial charge is 0.203 e. The second-order valence-corrected chi connectivity index (χ2v) is 4.38. The zero-order chi connectivity index (χ0) is 16.5. The van der Waals surface area contributed by atoms with E-state index in [-0.39, 0.29) is 29.5 Å². The van der Waals surface area contributed by atoms with Gasteiger partial charge in [0.2, 0.25) is 5.78 Å². The maximum absolute atomic E-state index is 12.1. The molecule has 0 spiro atoms. The molecule has 2 aromatic rings. The van der Waals surface area contributed by atoms with Gasteiger partial charge in [0.1, 0.15) is 17.2 Å². The van der Waals surface area contributed by atoms with Gasteiger partial charge in [-0.1, -0.05) is 39.0 Å². The standard InChI is InChI=1S/C16H16O4.C2H6/c1-2-11-8-13(15(18)9-14(11)17)16(19)10-20-12-6-4-3-5-7-12;1-2/h3-9,17-18H,2,10H2,1H3;1-2H3. The van der Waals surface area contributed by atoms with Crippen molar-refractivity contribution in [1.29, 1.82) is 0 Å². The number of ketones is 1. The zero-order valence-corrected chi connectivity index (χ0v) is 13.2. The molecule has 4 heteroatoms. The zero-order valence-electron chi connectivity index (χ0n) is 13.2. The highest BCUT2D eigenvalue weighted by atomic mass is 16.5. The number of aromatic hydroxyl groups is 2. The normalized spacial score (nSPS) is 9.59. The molecule has 0 aromatic heterocycles. The van der Waals surface area contributed by atoms with Gasteiger partial charge in [0.05, 0.1) is 5.56 Å². The van der Waals surface area contributed by atoms with Crippen LogP contribution in [0.3, 0.4) is 0 Å². The third kappa shape index (κ3) is 4.52. The minimum absolute atomic E-state index is 0.00877. The van der Waals surface area contributed by atoms with Crippen molar-refractivity contribution in [3.05, 3.63) is 53.6 Å². The largest absolute Gasteiger partial charge is 0.508 e. The van der Waals surface area contributed by atoms with Gasteiger partial charge in [-0.25, -0.2) is 0 Å². The molecule has 0 saturated carbocycles. The van der Waals surface area contributed by atoms with E-state index in [1.54, 1.807) is 12.1 Å². The minimum atomic E-state index is -0.332. The van der Waals surface area contributed by atoms with Crippen LogP contribution in [-0.2, 0) is 6.42 Å². The Morgan fingerprint density at radius 3 is 2.27 bits per heavy atom. The second-order valence-electron chi connectivity index (χ2n) is 4.38. The number of rotatable bonds is 5. The van der Waals surface area contributed by atoms with Gasteiger partial charge < -0.3 is 14.9 Å². The lowest BCUT2D eigenvalue weighted by atomic mass is 10.0. The van der Waals surface area contributed by atoms with Gasteiger partial charge in [0.25, 0.3) is 0 Å². The molecule has 0 unspecified atom stereocenters. The number of para-hydroxylation sites is 1. The lowest BCUT2D eigenvalue weighted by Gasteiger charge is -2.09. The molecule has 0 aliphatic rings. The quantitative estimate of drug-likeness (QED) is 0.821. The molecule has 0 fully saturated rings. The third-order valence-corrected chi connectivity index (χ3v) is 2.99. The number of Topliss-reactive ketones (excluding diaryl/α,β-unsaturated/α-hetero) is 1. The summed E-state index contributed by atoms with van der Waals surface area (Å²) in [7, 11) is 0. The first-order chi connectivity index (χ1) is 10.6. The van der Waals surface area contributed by atoms with E-state index in [1.165, 1.54) is 12.1 Å². The molecular weight excluding hydrogens is 280 g/mol. The van der Waals surface area contributed by atoms with Gasteiger partial charge in [0.15, 0.2) is 6.61 Å². The summed E-state index contributed by atoms with van der Waals surface area (Å²) in [6.07, 6.45) is 0.575. The fourth-order valence-electron chi connectivity index (χ4n) is 1.87. The summed E-state index contributed by atoms with van der Waals surface area (Å²) in [5.41, 5.74) is 0.779. The summed E-state index contributed by atoms with van der Waals surface area (Å²) in [6, 6.07) is 11.7. The Hall–Kier alpha value is -2.49. The highest BCUT2D eigenvalue weighted by Gasteiger charge is 2.15. The maximum atomic E-state index is 12.1. The molecule has 0 atom stereocenters. The van der Waals surface area contributed by atoms with Gasteiger partial charge in [-0.3, -0.25) is 4.79 Å². The third-order valence-electron chi connectivity index (χ3n) is 2.99. The van der Waals surface area contributed by atoms with Gasteiger partial charge in [-0.2, -0.15) is 0 Å². The van der Waals surface area contributed by atoms with Crippen LogP contribution >= 0.6 is 0 Å². The molecule has 118 valence electrons. The fraction of sp³-hybridized carbons (Fsp3) is 0.278. The molecule has 0 heterocycles. The predicted molar refractivity (Wildman–Crippen MR) is 86.8 cm³/mol. The Balaban J connectivity index is 0.00000116. The average Bonchev–Trinajstić information content (AvgIpc) is 2.55. The van der Waals surface area contributed by atoms with Crippen molar-refractivity contribution in [3.63, 3.8) is 0 Å². The number of phenols is 2. The van der Waals surface area contributed by atoms with E-state index in [0.717, 1.165) is 0 Å². The predicted octanol–water partition coefficient (Wildman–Crippen LogP) is 3.95. The highest BCUT2D eigenvalue weighted by Crippen LogP contribution is 2.28. The first-order valence-electron chi connectivity index (χ1n) is 7.37. The molecule has 0 aliphatic heterocycles. The van der Waals surface area contributed by atoms with E-state index in [9.17, 15) is 15.0 Å². The lowest BCUT2D eigenvalue weighted by molar-refractivity contribution is 0.0918. The molecule has 0 bridgehead atoms. The minimum Gasteiger partial charge on any atom is -0.508 e. The van der Waals surface area contributed by atoms with Crippen molar-refractivity contribution < 1.29 is 19.7 Å². The Bertz CT molecular complexity index is 606. The molecule has 2 aromatic carbocycles. The van der Waals surface area contributed by atoms with Gasteiger partial charge in [0, 0.05) is 6.07 Å². The highest BCUT2D eigenvalue weighted by molar-refractivity contribution is 6.00. The molecule has 22 heavy (non-hydrogen) atoms. The van der Waals surface area contributed by atoms with Crippen molar-refractivity contribution in [2.45, 2.75) is 27.2 Å². The number of ether oxygens (including phenoxy) is 1. The van der Waals surface area contributed by atoms with Gasteiger partial charge >= 0.3 is 0 Å². The monoisotopic (exact) mass is 302 g/mol. The molecule has 0 radical (unpaired) electrons. The maximum Gasteiger partial charge on any atom is 0.203 e. The first kappa shape index (κ1) is 17.6. The number of aryl methyl sites for hydroxylation is 1. The molecule has 4 nitrogen and oxygen atoms in total. The van der Waals surface area contributed by atoms with Crippen LogP contribution in [0.1, 0.15) is 36.7 Å². The van der Waals surface area contributed by atoms with Crippen LogP contribution in [0.15, 0.2) is 42.5 Å². The second kappa shape index (κ2) is 8.72. The van der Waals surface area contributed by atoms with Crippen LogP contribution < -0.4 is 4.74 Å². The Morgan fingerprint density at radius 1 is 1.05 bits per heavy atom. The fourth-order valence-corrected chi connectivity index (χ4v) is 1.87. The van der Waals surface area contributed by atoms with Crippen molar-refractivity contribution in [3.8, 4) is 17.2 Å². The molecule has 2 N–H and O–H groups in total. The number of hydrogen-bond donors (Lipinski definition) is 2. The summed E-state index contributed by atoms with van der Waals surface area (Å²) in [4.78, 5) is 12.1. The van der Waals surface area contributed by atoms with E-state index >= 15 is 0 Å². The van der Waals surface area contributed by atoms with E-state index in [1.807, 2.05) is 39.0 Å². The summed E-state index contributed by atoms with van der Waals surface area (Å²) >= 11 is 0. The summed E-state index contributed by atoms with van der Waals surface area (Å²) in [6.45, 7) is 5.70. The van der Waals surface area contributed by atoms with E-state index in [4.69, 9.17) is 4.74 Å². The molecule has 0 aliphatic carbocycles. The first-order valence-corrected chi connectivity index (χ1v) is 7.37. The lowest BCUT2D eigenvalue weighted by Crippen LogP contribution is -2.12. The summed E-state index contributed by atoms with van der Waals surface area (Å²) in [5.74, 6) is 0.0165. The Morgan fingerprint density at radius 2 is 1.68 bits per heavy atom. The van der Waals surface area contributed by atoms with Crippen LogP contribution in [0, 0.1) is 0 Å². The molecular formula is C18H22O4. The van der Waals surface area contributed by atoms with Crippen LogP contribution in [0.25, 0.3) is 0 Å². The van der Waals surface area contributed by atoms with Crippen molar-refractivity contribution in [2.75, 3.05) is 6.61 Å². The van der Waals surface area contributed by atoms with Crippen molar-refractivity contribution >= 4 is 5.78 Å². The molecule has 2 rings (SSSR count). The van der Waals surface area contributed by atoms with Crippen LogP contribution in [0.2, 0.25) is 0 Å². The van der Waals surface area contributed by atoms with E-state index in [2.05, 4.69) is 0 Å². The molecule has 0 amide bonds. The number of hydrogen-bond acceptors (Lipinski definition) is 4. The molecule has 0 saturated heterocycles. The van der Waals surface area contributed by atoms with Crippen LogP contribution in [-0.4, -0.2) is 22.6 Å². The number of benzene rings is 2. The Kier molecular flexibility index (Phi) is 6.96. The van der Waals surface area contributed by atoms with Crippen molar-refractivity contribution in [2.24, 2.45) is 0 Å². The summed E-state index contributed by atoms with van der Waals surface area (Å²) < 4.78 is 5.36. The number of phenolic OH excluding ortho intramolecular Hbond substituents is 2. The van der Waals surface area contributed by atoms with Crippen LogP contribution in [0.5, 0.6) is 17.2 Å². The number of carbonyl (C=O) groups is 1. The summed E-state index contributed by atoms with van der Waals surface area (Å²) in [5, 5.41) is 19.3. The van der Waals surface area contributed by atoms with Gasteiger partial charge in [-0.05, 0) is 30.2 Å². The topological polar surface area (TPSA) is 66.8 Å². The van der Waals surface area contributed by atoms with Crippen LogP contribution in [0.4, 0.5) is 0 Å².